The molecule has 4 rings (SSSR count). The molecule has 0 heterocycles. The van der Waals surface area contributed by atoms with Crippen LogP contribution in [0, 0.1) is 23.7 Å². The molecule has 4 nitrogen and oxygen atoms in total. The Bertz CT molecular complexity index is 887. The Hall–Kier alpha value is -2.33. The highest BCUT2D eigenvalue weighted by Gasteiger charge is 2.60. The number of carbonyl (C=O) groups is 2. The number of hydrogen-bond donors (Lipinski definition) is 2. The highest BCUT2D eigenvalue weighted by Crippen LogP contribution is 2.63. The maximum absolute atomic E-state index is 12.7. The van der Waals surface area contributed by atoms with Crippen LogP contribution in [0.25, 0.3) is 0 Å². The molecule has 0 spiro atoms. The number of likely N-dealkylation sites (N-methyl/N-ethyl adjacent to an activating group) is 1. The Morgan fingerprint density at radius 2 is 1.67 bits per heavy atom. The average molecular weight is 425 g/mol. The number of fused-ring (bicyclic) bond motifs is 1. The molecule has 2 N–H and O–H groups in total. The zero-order valence-corrected chi connectivity index (χ0v) is 18.2. The van der Waals surface area contributed by atoms with Gasteiger partial charge in [0.25, 0.3) is 5.91 Å². The van der Waals surface area contributed by atoms with Gasteiger partial charge in [-0.2, -0.15) is 0 Å². The highest BCUT2D eigenvalue weighted by molar-refractivity contribution is 6.30. The number of amides is 2. The summed E-state index contributed by atoms with van der Waals surface area (Å²) in [6.07, 6.45) is 3.02. The number of carbonyl (C=O) groups excluding carboxylic acids is 2. The molecule has 0 saturated heterocycles. The molecule has 2 aromatic carbocycles. The number of rotatable bonds is 7. The first kappa shape index (κ1) is 20.9. The van der Waals surface area contributed by atoms with Crippen LogP contribution in [0.3, 0.4) is 0 Å². The third-order valence-electron chi connectivity index (χ3n) is 7.03. The Morgan fingerprint density at radius 1 is 1.03 bits per heavy atom. The van der Waals surface area contributed by atoms with Crippen molar-refractivity contribution in [3.8, 4) is 0 Å². The van der Waals surface area contributed by atoms with Gasteiger partial charge >= 0.3 is 0 Å². The Morgan fingerprint density at radius 3 is 2.23 bits per heavy atom. The first-order valence-corrected chi connectivity index (χ1v) is 11.2. The van der Waals surface area contributed by atoms with Gasteiger partial charge in [0.15, 0.2) is 0 Å². The number of hydrogen-bond acceptors (Lipinski definition) is 2. The first-order chi connectivity index (χ1) is 14.5. The Balaban J connectivity index is 1.40. The van der Waals surface area contributed by atoms with Crippen molar-refractivity contribution >= 4 is 23.4 Å². The number of nitrogens with one attached hydrogen (secondary N) is 2. The van der Waals surface area contributed by atoms with Crippen molar-refractivity contribution in [1.29, 1.82) is 0 Å². The lowest BCUT2D eigenvalue weighted by molar-refractivity contribution is -0.123. The molecule has 2 amide bonds. The minimum atomic E-state index is -0.0895. The molecular formula is C25H29ClN2O2. The summed E-state index contributed by atoms with van der Waals surface area (Å²) in [6, 6.07) is 17.3. The van der Waals surface area contributed by atoms with Crippen molar-refractivity contribution in [3.63, 3.8) is 0 Å². The maximum atomic E-state index is 12.7. The van der Waals surface area contributed by atoms with E-state index in [9.17, 15) is 9.59 Å². The van der Waals surface area contributed by atoms with Crippen LogP contribution in [0.5, 0.6) is 0 Å². The zero-order valence-electron chi connectivity index (χ0n) is 17.5. The molecule has 158 valence electrons. The van der Waals surface area contributed by atoms with Gasteiger partial charge in [0.05, 0.1) is 5.92 Å². The fourth-order valence-corrected chi connectivity index (χ4v) is 5.71. The van der Waals surface area contributed by atoms with Crippen molar-refractivity contribution in [2.45, 2.75) is 38.1 Å². The fourth-order valence-electron chi connectivity index (χ4n) is 5.58. The number of halogens is 1. The lowest BCUT2D eigenvalue weighted by Gasteiger charge is -2.26. The molecule has 2 saturated carbocycles. The monoisotopic (exact) mass is 424 g/mol. The molecule has 0 bridgehead atoms. The van der Waals surface area contributed by atoms with E-state index in [4.69, 9.17) is 11.6 Å². The molecule has 30 heavy (non-hydrogen) atoms. The lowest BCUT2D eigenvalue weighted by atomic mass is 9.80. The van der Waals surface area contributed by atoms with Crippen LogP contribution < -0.4 is 10.6 Å². The van der Waals surface area contributed by atoms with Gasteiger partial charge in [-0.05, 0) is 72.8 Å². The van der Waals surface area contributed by atoms with E-state index < -0.39 is 0 Å². The molecule has 6 atom stereocenters. The van der Waals surface area contributed by atoms with E-state index in [0.29, 0.717) is 34.3 Å². The van der Waals surface area contributed by atoms with Gasteiger partial charge in [-0.25, -0.2) is 0 Å². The smallest absolute Gasteiger partial charge is 0.251 e. The second kappa shape index (κ2) is 8.81. The summed E-state index contributed by atoms with van der Waals surface area (Å²) in [7, 11) is 1.72. The lowest BCUT2D eigenvalue weighted by Crippen LogP contribution is -2.38. The predicted molar refractivity (Wildman–Crippen MR) is 119 cm³/mol. The van der Waals surface area contributed by atoms with Crippen LogP contribution >= 0.6 is 11.6 Å². The molecule has 2 fully saturated rings. The van der Waals surface area contributed by atoms with E-state index in [2.05, 4.69) is 29.7 Å². The third-order valence-corrected chi connectivity index (χ3v) is 7.29. The Kier molecular flexibility index (Phi) is 6.14. The summed E-state index contributed by atoms with van der Waals surface area (Å²) >= 11 is 5.93. The zero-order chi connectivity index (χ0) is 21.3. The van der Waals surface area contributed by atoms with E-state index in [1.807, 2.05) is 18.2 Å². The van der Waals surface area contributed by atoms with Crippen molar-refractivity contribution in [3.05, 3.63) is 70.7 Å². The minimum absolute atomic E-state index is 0.0347. The maximum Gasteiger partial charge on any atom is 0.251 e. The van der Waals surface area contributed by atoms with Gasteiger partial charge in [-0.15, -0.1) is 0 Å². The van der Waals surface area contributed by atoms with E-state index in [1.165, 1.54) is 0 Å². The predicted octanol–water partition coefficient (Wildman–Crippen LogP) is 4.65. The van der Waals surface area contributed by atoms with Crippen molar-refractivity contribution in [2.24, 2.45) is 23.7 Å². The van der Waals surface area contributed by atoms with Gasteiger partial charge < -0.3 is 10.6 Å². The summed E-state index contributed by atoms with van der Waals surface area (Å²) in [5.41, 5.74) is 1.74. The van der Waals surface area contributed by atoms with Crippen molar-refractivity contribution < 1.29 is 9.59 Å². The van der Waals surface area contributed by atoms with Gasteiger partial charge in [-0.3, -0.25) is 9.59 Å². The quantitative estimate of drug-likeness (QED) is 0.679. The fraction of sp³-hybridized carbons (Fsp3) is 0.440. The molecule has 0 unspecified atom stereocenters. The third kappa shape index (κ3) is 4.11. The van der Waals surface area contributed by atoms with Gasteiger partial charge in [-0.1, -0.05) is 48.9 Å². The van der Waals surface area contributed by atoms with Gasteiger partial charge in [0.1, 0.15) is 0 Å². The second-order valence-electron chi connectivity index (χ2n) is 8.63. The molecular weight excluding hydrogens is 396 g/mol. The van der Waals surface area contributed by atoms with Crippen LogP contribution in [0.2, 0.25) is 5.02 Å². The van der Waals surface area contributed by atoms with Crippen LogP contribution in [0.1, 0.15) is 48.0 Å². The van der Waals surface area contributed by atoms with Crippen LogP contribution in [-0.4, -0.2) is 24.9 Å². The topological polar surface area (TPSA) is 58.2 Å². The van der Waals surface area contributed by atoms with Gasteiger partial charge in [0.2, 0.25) is 5.91 Å². The summed E-state index contributed by atoms with van der Waals surface area (Å²) < 4.78 is 0. The average Bonchev–Trinajstić information content (AvgIpc) is 3.25. The van der Waals surface area contributed by atoms with Crippen LogP contribution in [0.15, 0.2) is 54.6 Å². The Labute approximate surface area is 183 Å². The summed E-state index contributed by atoms with van der Waals surface area (Å²) in [4.78, 5) is 25.3. The van der Waals surface area contributed by atoms with Crippen LogP contribution in [0.4, 0.5) is 0 Å². The molecule has 5 heteroatoms. The van der Waals surface area contributed by atoms with E-state index in [-0.39, 0.29) is 23.8 Å². The second-order valence-corrected chi connectivity index (χ2v) is 9.07. The number of benzene rings is 2. The van der Waals surface area contributed by atoms with E-state index in [1.54, 1.807) is 31.3 Å². The highest BCUT2D eigenvalue weighted by atomic mass is 35.5. The first-order valence-electron chi connectivity index (χ1n) is 10.9. The molecule has 2 aromatic rings. The van der Waals surface area contributed by atoms with Crippen molar-refractivity contribution in [1.82, 2.24) is 10.6 Å². The molecule has 0 aliphatic heterocycles. The molecule has 2 aliphatic carbocycles. The largest absolute Gasteiger partial charge is 0.359 e. The SMILES string of the molecule is CC[C@H](NC(=O)c1ccc(Cl)cc1)[C@H]1[C@@H]2C[C@@H]([C@@H](C(=O)NC)c3ccccc3)C[C@@H]21. The summed E-state index contributed by atoms with van der Waals surface area (Å²) in [5, 5.41) is 6.73. The molecule has 0 radical (unpaired) electrons. The summed E-state index contributed by atoms with van der Waals surface area (Å²) in [5.74, 6) is 2.06. The molecule has 2 aliphatic rings. The standard InChI is InChI=1S/C25H29ClN2O2/c1-3-21(28-24(29)16-9-11-18(26)12-10-16)23-19-13-17(14-20(19)23)22(25(30)27-2)15-7-5-4-6-8-15/h4-12,17,19-23H,3,13-14H2,1-2H3,(H,27,30)(H,28,29)/t17-,19-,20+,21-,22-,23+/m0/s1. The molecule has 0 aromatic heterocycles. The van der Waals surface area contributed by atoms with E-state index >= 15 is 0 Å². The normalized spacial score (nSPS) is 26.4. The van der Waals surface area contributed by atoms with Crippen LogP contribution in [-0.2, 0) is 4.79 Å². The summed E-state index contributed by atoms with van der Waals surface area (Å²) in [6.45, 7) is 2.13. The van der Waals surface area contributed by atoms with Gasteiger partial charge in [0, 0.05) is 23.7 Å². The minimum Gasteiger partial charge on any atom is -0.359 e. The van der Waals surface area contributed by atoms with E-state index in [0.717, 1.165) is 24.8 Å². The van der Waals surface area contributed by atoms with Crippen molar-refractivity contribution in [2.75, 3.05) is 7.05 Å².